The Hall–Kier alpha value is -2.98. The first-order valence-electron chi connectivity index (χ1n) is 10.8. The first-order chi connectivity index (χ1) is 15.8. The lowest BCUT2D eigenvalue weighted by Crippen LogP contribution is -2.32. The van der Waals surface area contributed by atoms with Crippen molar-refractivity contribution in [2.24, 2.45) is 0 Å². The van der Waals surface area contributed by atoms with Gasteiger partial charge in [-0.3, -0.25) is 0 Å². The van der Waals surface area contributed by atoms with E-state index in [-0.39, 0.29) is 12.1 Å². The third-order valence-corrected chi connectivity index (χ3v) is 7.11. The summed E-state index contributed by atoms with van der Waals surface area (Å²) in [5, 5.41) is 11.9. The molecule has 0 unspecified atom stereocenters. The Bertz CT molecular complexity index is 1110. The van der Waals surface area contributed by atoms with Crippen LogP contribution in [0.15, 0.2) is 29.0 Å². The van der Waals surface area contributed by atoms with E-state index in [9.17, 15) is 9.59 Å². The van der Waals surface area contributed by atoms with Gasteiger partial charge in [-0.1, -0.05) is 19.9 Å². The van der Waals surface area contributed by atoms with Gasteiger partial charge in [-0.2, -0.15) is 0 Å². The number of nitrogens with zero attached hydrogens (tertiary/aromatic N) is 4. The Morgan fingerprint density at radius 3 is 1.88 bits per heavy atom. The van der Waals surface area contributed by atoms with E-state index in [0.717, 1.165) is 39.8 Å². The summed E-state index contributed by atoms with van der Waals surface area (Å²) < 4.78 is 0. The average Bonchev–Trinajstić information content (AvgIpc) is 3.44. The number of carbonyl (C=O) groups excluding carboxylic acids is 2. The normalized spacial score (nSPS) is 10.7. The van der Waals surface area contributed by atoms with Crippen LogP contribution < -0.4 is 10.6 Å². The van der Waals surface area contributed by atoms with Gasteiger partial charge < -0.3 is 20.4 Å². The maximum Gasteiger partial charge on any atom is 0.321 e. The van der Waals surface area contributed by atoms with Crippen LogP contribution in [0.5, 0.6) is 0 Å². The van der Waals surface area contributed by atoms with E-state index in [2.05, 4.69) is 34.4 Å². The van der Waals surface area contributed by atoms with Crippen molar-refractivity contribution >= 4 is 46.1 Å². The van der Waals surface area contributed by atoms with Crippen LogP contribution in [0.25, 0.3) is 0 Å². The van der Waals surface area contributed by atoms with Gasteiger partial charge in [0.25, 0.3) is 0 Å². The molecule has 3 aromatic rings. The third-order valence-electron chi connectivity index (χ3n) is 5.03. The minimum atomic E-state index is -0.241. The number of rotatable bonds is 8. The molecule has 3 rings (SSSR count). The molecule has 0 aliphatic rings. The minimum absolute atomic E-state index is 0.236. The van der Waals surface area contributed by atoms with E-state index in [4.69, 9.17) is 0 Å². The quantitative estimate of drug-likeness (QED) is 0.448. The van der Waals surface area contributed by atoms with Crippen LogP contribution in [0.3, 0.4) is 0 Å². The monoisotopic (exact) mass is 486 g/mol. The van der Waals surface area contributed by atoms with Gasteiger partial charge in [0.1, 0.15) is 0 Å². The Labute approximate surface area is 202 Å². The van der Waals surface area contributed by atoms with Crippen LogP contribution in [0, 0.1) is 6.92 Å². The lowest BCUT2D eigenvalue weighted by Gasteiger charge is -2.20. The van der Waals surface area contributed by atoms with E-state index in [1.807, 2.05) is 29.8 Å². The zero-order valence-electron chi connectivity index (χ0n) is 19.6. The van der Waals surface area contributed by atoms with E-state index >= 15 is 0 Å². The predicted octanol–water partition coefficient (Wildman–Crippen LogP) is 5.36. The molecule has 0 aliphatic carbocycles. The Balaban J connectivity index is 1.59. The van der Waals surface area contributed by atoms with Gasteiger partial charge in [0, 0.05) is 36.2 Å². The number of thiazole rings is 2. The summed E-state index contributed by atoms with van der Waals surface area (Å²) in [7, 11) is 3.47. The molecule has 0 saturated carbocycles. The third kappa shape index (κ3) is 6.75. The molecule has 2 aromatic heterocycles. The zero-order valence-corrected chi connectivity index (χ0v) is 21.3. The number of amides is 4. The summed E-state index contributed by atoms with van der Waals surface area (Å²) in [4.78, 5) is 37.5. The molecule has 10 heteroatoms. The van der Waals surface area contributed by atoms with Gasteiger partial charge in [-0.15, -0.1) is 22.7 Å². The van der Waals surface area contributed by atoms with Gasteiger partial charge in [-0.25, -0.2) is 19.6 Å². The number of carbonyl (C=O) groups is 2. The number of nitrogens with one attached hydrogen (secondary N) is 2. The second-order valence-electron chi connectivity index (χ2n) is 7.77. The lowest BCUT2D eigenvalue weighted by molar-refractivity contribution is 0.219. The fourth-order valence-electron chi connectivity index (χ4n) is 3.06. The van der Waals surface area contributed by atoms with E-state index < -0.39 is 0 Å². The van der Waals surface area contributed by atoms with Crippen LogP contribution in [-0.4, -0.2) is 45.9 Å². The standard InChI is InChI=1S/C23H30N6O2S2/c1-6-20-24-17(13-32-20)11-28(4)22(30)26-16-9-8-15(3)19(10-16)27-23(31)29(5)12-18-14-33-21(7-2)25-18/h8-10,13-14H,6-7,11-12H2,1-5H3,(H,26,30)(H,27,31). The fourth-order valence-corrected chi connectivity index (χ4v) is 4.53. The van der Waals surface area contributed by atoms with Gasteiger partial charge in [0.05, 0.1) is 34.5 Å². The van der Waals surface area contributed by atoms with Crippen molar-refractivity contribution in [3.63, 3.8) is 0 Å². The first kappa shape index (κ1) is 24.7. The van der Waals surface area contributed by atoms with Gasteiger partial charge >= 0.3 is 12.1 Å². The molecule has 0 atom stereocenters. The molecule has 33 heavy (non-hydrogen) atoms. The highest BCUT2D eigenvalue weighted by molar-refractivity contribution is 7.09. The summed E-state index contributed by atoms with van der Waals surface area (Å²) in [6.45, 7) is 6.89. The zero-order chi connectivity index (χ0) is 24.0. The number of aryl methyl sites for hydroxylation is 3. The predicted molar refractivity (Wildman–Crippen MR) is 135 cm³/mol. The summed E-state index contributed by atoms with van der Waals surface area (Å²) >= 11 is 3.21. The van der Waals surface area contributed by atoms with Crippen molar-refractivity contribution in [2.45, 2.75) is 46.7 Å². The maximum absolute atomic E-state index is 12.7. The van der Waals surface area contributed by atoms with Crippen LogP contribution in [-0.2, 0) is 25.9 Å². The Kier molecular flexibility index (Phi) is 8.40. The number of anilines is 2. The molecule has 0 bridgehead atoms. The second-order valence-corrected chi connectivity index (χ2v) is 9.66. The van der Waals surface area contributed by atoms with Crippen LogP contribution in [0.2, 0.25) is 0 Å². The molecule has 0 spiro atoms. The van der Waals surface area contributed by atoms with Crippen molar-refractivity contribution in [3.8, 4) is 0 Å². The first-order valence-corrected chi connectivity index (χ1v) is 12.6. The molecule has 0 radical (unpaired) electrons. The van der Waals surface area contributed by atoms with Crippen LogP contribution in [0.1, 0.15) is 40.8 Å². The second kappa shape index (κ2) is 11.2. The average molecular weight is 487 g/mol. The van der Waals surface area contributed by atoms with Crippen molar-refractivity contribution < 1.29 is 9.59 Å². The highest BCUT2D eigenvalue weighted by atomic mass is 32.1. The van der Waals surface area contributed by atoms with Crippen molar-refractivity contribution in [3.05, 3.63) is 55.9 Å². The van der Waals surface area contributed by atoms with Crippen molar-refractivity contribution in [1.29, 1.82) is 0 Å². The number of hydrogen-bond acceptors (Lipinski definition) is 6. The maximum atomic E-state index is 12.7. The molecular weight excluding hydrogens is 456 g/mol. The van der Waals surface area contributed by atoms with E-state index in [1.54, 1.807) is 52.6 Å². The highest BCUT2D eigenvalue weighted by Crippen LogP contribution is 2.22. The molecule has 4 amide bonds. The minimum Gasteiger partial charge on any atom is -0.322 e. The number of benzene rings is 1. The molecule has 0 aliphatic heterocycles. The molecule has 2 heterocycles. The summed E-state index contributed by atoms with van der Waals surface area (Å²) in [6.07, 6.45) is 1.77. The highest BCUT2D eigenvalue weighted by Gasteiger charge is 2.15. The molecule has 1 aromatic carbocycles. The van der Waals surface area contributed by atoms with Gasteiger partial charge in [-0.05, 0) is 37.5 Å². The lowest BCUT2D eigenvalue weighted by atomic mass is 10.2. The smallest absolute Gasteiger partial charge is 0.321 e. The Morgan fingerprint density at radius 2 is 1.39 bits per heavy atom. The van der Waals surface area contributed by atoms with Crippen LogP contribution >= 0.6 is 22.7 Å². The number of hydrogen-bond donors (Lipinski definition) is 2. The van der Waals surface area contributed by atoms with E-state index in [0.29, 0.717) is 24.5 Å². The summed E-state index contributed by atoms with van der Waals surface area (Å²) in [5.41, 5.74) is 3.91. The van der Waals surface area contributed by atoms with Gasteiger partial charge in [0.15, 0.2) is 0 Å². The largest absolute Gasteiger partial charge is 0.322 e. The number of urea groups is 2. The van der Waals surface area contributed by atoms with Crippen molar-refractivity contribution in [2.75, 3.05) is 24.7 Å². The number of aromatic nitrogens is 2. The van der Waals surface area contributed by atoms with Crippen molar-refractivity contribution in [1.82, 2.24) is 19.8 Å². The fraction of sp³-hybridized carbons (Fsp3) is 0.391. The topological polar surface area (TPSA) is 90.5 Å². The molecule has 2 N–H and O–H groups in total. The summed E-state index contributed by atoms with van der Waals surface area (Å²) in [6, 6.07) is 4.98. The Morgan fingerprint density at radius 1 is 0.879 bits per heavy atom. The van der Waals surface area contributed by atoms with Gasteiger partial charge in [0.2, 0.25) is 0 Å². The van der Waals surface area contributed by atoms with E-state index in [1.165, 1.54) is 0 Å². The molecule has 0 saturated heterocycles. The molecule has 0 fully saturated rings. The van der Waals surface area contributed by atoms with Crippen LogP contribution in [0.4, 0.5) is 21.0 Å². The molecule has 8 nitrogen and oxygen atoms in total. The summed E-state index contributed by atoms with van der Waals surface area (Å²) in [5.74, 6) is 0. The molecular formula is C23H30N6O2S2. The SMILES string of the molecule is CCc1nc(CN(C)C(=O)Nc2ccc(C)c(NC(=O)N(C)Cc3csc(CC)n3)c2)cs1. The molecule has 176 valence electrons.